The molecule has 1 saturated heterocycles. The number of nitrogens with zero attached hydrogens (tertiary/aromatic N) is 1. The number of benzene rings is 2. The molecule has 2 N–H and O–H groups in total. The third kappa shape index (κ3) is 3.58. The lowest BCUT2D eigenvalue weighted by Gasteiger charge is -2.25. The first kappa shape index (κ1) is 23.0. The molecule has 4 heterocycles. The third-order valence-corrected chi connectivity index (χ3v) is 6.37. The molecule has 3 aromatic rings. The molecule has 0 spiro atoms. The average Bonchev–Trinajstić information content (AvgIpc) is 3.55. The molecule has 6 rings (SSSR count). The maximum absolute atomic E-state index is 14.2. The van der Waals surface area contributed by atoms with Crippen LogP contribution < -0.4 is 10.2 Å². The van der Waals surface area contributed by atoms with Crippen LogP contribution >= 0.6 is 0 Å². The number of nitrogens with one attached hydrogen (secondary N) is 1. The van der Waals surface area contributed by atoms with Gasteiger partial charge in [0.25, 0.3) is 5.79 Å². The molecular formula is C25H21F3N2O6. The first-order valence-corrected chi connectivity index (χ1v) is 11.2. The Balaban J connectivity index is 1.40. The third-order valence-electron chi connectivity index (χ3n) is 6.37. The van der Waals surface area contributed by atoms with Gasteiger partial charge in [0.05, 0.1) is 17.9 Å². The number of aromatic nitrogens is 1. The van der Waals surface area contributed by atoms with Crippen LogP contribution in [0.15, 0.2) is 58.6 Å². The molecule has 2 atom stereocenters. The lowest BCUT2D eigenvalue weighted by molar-refractivity contribution is -0.215. The largest absolute Gasteiger partial charge is 0.488 e. The van der Waals surface area contributed by atoms with Crippen molar-refractivity contribution in [3.8, 4) is 17.0 Å². The molecule has 36 heavy (non-hydrogen) atoms. The number of aliphatic hydroxyl groups is 1. The highest BCUT2D eigenvalue weighted by Gasteiger charge is 2.55. The second kappa shape index (κ2) is 7.81. The van der Waals surface area contributed by atoms with Gasteiger partial charge in [-0.15, -0.1) is 0 Å². The van der Waals surface area contributed by atoms with E-state index in [9.17, 15) is 18.3 Å². The molecule has 3 aliphatic rings. The van der Waals surface area contributed by atoms with E-state index in [4.69, 9.17) is 23.6 Å². The van der Waals surface area contributed by atoms with Crippen molar-refractivity contribution in [1.29, 1.82) is 0 Å². The van der Waals surface area contributed by atoms with Crippen LogP contribution in [0.1, 0.15) is 42.4 Å². The molecule has 0 aliphatic carbocycles. The SMILES string of the molecule is CC1(C)OCC(c2ccc3c(c2)OCC2=C3NOC2(O)c2onc(-c3ccccc3)c2C(F)(F)F)O1. The summed E-state index contributed by atoms with van der Waals surface area (Å²) in [5, 5.41) is 15.0. The Labute approximate surface area is 203 Å². The van der Waals surface area contributed by atoms with Crippen molar-refractivity contribution in [3.05, 3.63) is 76.6 Å². The number of hydroxylamine groups is 1. The van der Waals surface area contributed by atoms with Gasteiger partial charge in [-0.25, -0.2) is 4.84 Å². The van der Waals surface area contributed by atoms with E-state index in [-0.39, 0.29) is 23.8 Å². The van der Waals surface area contributed by atoms with Crippen molar-refractivity contribution in [1.82, 2.24) is 10.6 Å². The van der Waals surface area contributed by atoms with Crippen LogP contribution in [0.5, 0.6) is 5.75 Å². The predicted octanol–water partition coefficient (Wildman–Crippen LogP) is 4.67. The predicted molar refractivity (Wildman–Crippen MR) is 118 cm³/mol. The quantitative estimate of drug-likeness (QED) is 0.534. The van der Waals surface area contributed by atoms with Gasteiger partial charge >= 0.3 is 6.18 Å². The second-order valence-electron chi connectivity index (χ2n) is 9.16. The van der Waals surface area contributed by atoms with Crippen LogP contribution in [0.4, 0.5) is 13.2 Å². The summed E-state index contributed by atoms with van der Waals surface area (Å²) in [5.41, 5.74) is 2.72. The number of rotatable bonds is 3. The monoisotopic (exact) mass is 502 g/mol. The molecule has 1 aromatic heterocycles. The summed E-state index contributed by atoms with van der Waals surface area (Å²) in [5.74, 6) is -3.73. The standard InChI is InChI=1S/C25H21F3N2O6/c1-23(2)33-12-18(34-23)14-8-9-15-17(10-14)32-11-16-21(15)30-36-24(16,31)22-19(25(26,27)28)20(29-35-22)13-6-4-3-5-7-13/h3-10,18,30-31H,11-12H2,1-2H3. The Hall–Kier alpha value is -3.38. The van der Waals surface area contributed by atoms with Crippen LogP contribution in [-0.2, 0) is 26.3 Å². The van der Waals surface area contributed by atoms with Crippen LogP contribution in [0.25, 0.3) is 17.0 Å². The van der Waals surface area contributed by atoms with E-state index in [0.717, 1.165) is 5.56 Å². The van der Waals surface area contributed by atoms with Crippen molar-refractivity contribution >= 4 is 5.70 Å². The molecular weight excluding hydrogens is 481 g/mol. The van der Waals surface area contributed by atoms with Crippen molar-refractivity contribution in [2.45, 2.75) is 37.7 Å². The Bertz CT molecular complexity index is 1370. The number of hydrogen-bond donors (Lipinski definition) is 2. The molecule has 8 nitrogen and oxygen atoms in total. The smallest absolute Gasteiger partial charge is 0.422 e. The van der Waals surface area contributed by atoms with Gasteiger partial charge in [0, 0.05) is 11.1 Å². The van der Waals surface area contributed by atoms with E-state index in [1.165, 1.54) is 12.1 Å². The maximum atomic E-state index is 14.2. The van der Waals surface area contributed by atoms with Crippen molar-refractivity contribution in [2.24, 2.45) is 0 Å². The number of ether oxygens (including phenoxy) is 3. The summed E-state index contributed by atoms with van der Waals surface area (Å²) in [4.78, 5) is 5.35. The fourth-order valence-electron chi connectivity index (χ4n) is 4.63. The first-order chi connectivity index (χ1) is 17.1. The number of halogens is 3. The van der Waals surface area contributed by atoms with Gasteiger partial charge in [0.2, 0.25) is 5.76 Å². The molecule has 188 valence electrons. The van der Waals surface area contributed by atoms with Gasteiger partial charge in [0.1, 0.15) is 29.7 Å². The highest BCUT2D eigenvalue weighted by molar-refractivity contribution is 5.77. The van der Waals surface area contributed by atoms with Gasteiger partial charge in [-0.2, -0.15) is 13.2 Å². The summed E-state index contributed by atoms with van der Waals surface area (Å²) in [6, 6.07) is 13.1. The highest BCUT2D eigenvalue weighted by atomic mass is 19.4. The molecule has 11 heteroatoms. The minimum absolute atomic E-state index is 0.0330. The topological polar surface area (TPSA) is 95.2 Å². The lowest BCUT2D eigenvalue weighted by Crippen LogP contribution is -2.34. The Morgan fingerprint density at radius 3 is 2.58 bits per heavy atom. The Morgan fingerprint density at radius 1 is 1.11 bits per heavy atom. The Morgan fingerprint density at radius 2 is 1.89 bits per heavy atom. The zero-order valence-corrected chi connectivity index (χ0v) is 19.2. The molecule has 0 amide bonds. The summed E-state index contributed by atoms with van der Waals surface area (Å²) in [6.07, 6.45) is -5.18. The highest BCUT2D eigenvalue weighted by Crippen LogP contribution is 2.50. The van der Waals surface area contributed by atoms with E-state index < -0.39 is 34.8 Å². The van der Waals surface area contributed by atoms with E-state index in [0.29, 0.717) is 23.6 Å². The number of hydrogen-bond acceptors (Lipinski definition) is 8. The van der Waals surface area contributed by atoms with Gasteiger partial charge in [-0.1, -0.05) is 41.6 Å². The number of fused-ring (bicyclic) bond motifs is 2. The molecule has 0 radical (unpaired) electrons. The normalized spacial score (nSPS) is 24.8. The van der Waals surface area contributed by atoms with Crippen LogP contribution in [-0.4, -0.2) is 29.3 Å². The lowest BCUT2D eigenvalue weighted by atomic mass is 9.92. The van der Waals surface area contributed by atoms with Crippen LogP contribution in [0.2, 0.25) is 0 Å². The fourth-order valence-corrected chi connectivity index (χ4v) is 4.63. The van der Waals surface area contributed by atoms with Crippen LogP contribution in [0, 0.1) is 0 Å². The number of alkyl halides is 3. The fraction of sp³-hybridized carbons (Fsp3) is 0.320. The van der Waals surface area contributed by atoms with E-state index in [2.05, 4.69) is 10.6 Å². The molecule has 2 unspecified atom stereocenters. The van der Waals surface area contributed by atoms with E-state index in [1.807, 2.05) is 13.8 Å². The maximum Gasteiger partial charge on any atom is 0.422 e. The molecule has 0 saturated carbocycles. The van der Waals surface area contributed by atoms with Crippen molar-refractivity contribution in [2.75, 3.05) is 13.2 Å². The second-order valence-corrected chi connectivity index (χ2v) is 9.16. The minimum atomic E-state index is -4.89. The molecule has 3 aliphatic heterocycles. The average molecular weight is 502 g/mol. The van der Waals surface area contributed by atoms with Crippen LogP contribution in [0.3, 0.4) is 0 Å². The van der Waals surface area contributed by atoms with Gasteiger partial charge in [-0.05, 0) is 31.5 Å². The summed E-state index contributed by atoms with van der Waals surface area (Å²) in [7, 11) is 0. The van der Waals surface area contributed by atoms with E-state index in [1.54, 1.807) is 36.4 Å². The van der Waals surface area contributed by atoms with E-state index >= 15 is 0 Å². The zero-order valence-electron chi connectivity index (χ0n) is 19.2. The van der Waals surface area contributed by atoms with Gasteiger partial charge < -0.3 is 23.8 Å². The summed E-state index contributed by atoms with van der Waals surface area (Å²) >= 11 is 0. The molecule has 2 aromatic carbocycles. The zero-order chi connectivity index (χ0) is 25.3. The van der Waals surface area contributed by atoms with Gasteiger partial charge in [0.15, 0.2) is 5.79 Å². The van der Waals surface area contributed by atoms with Crippen molar-refractivity contribution in [3.63, 3.8) is 0 Å². The minimum Gasteiger partial charge on any atom is -0.488 e. The van der Waals surface area contributed by atoms with Crippen molar-refractivity contribution < 1.29 is 41.8 Å². The van der Waals surface area contributed by atoms with Gasteiger partial charge in [-0.3, -0.25) is 5.48 Å². The molecule has 1 fully saturated rings. The summed E-state index contributed by atoms with van der Waals surface area (Å²) < 4.78 is 65.1. The first-order valence-electron chi connectivity index (χ1n) is 11.2. The Kier molecular flexibility index (Phi) is 5.00. The summed E-state index contributed by atoms with van der Waals surface area (Å²) in [6.45, 7) is 3.76. The molecule has 0 bridgehead atoms.